The molecule has 362 valence electrons. The summed E-state index contributed by atoms with van der Waals surface area (Å²) in [4.78, 5) is 43.5. The number of carbonyl (C=O) groups excluding carboxylic acids is 2. The van der Waals surface area contributed by atoms with Gasteiger partial charge in [-0.05, 0) is 73.0 Å². The molecule has 0 spiro atoms. The number of aromatic nitrogens is 4. The van der Waals surface area contributed by atoms with Gasteiger partial charge in [-0.3, -0.25) is 9.80 Å². The van der Waals surface area contributed by atoms with Gasteiger partial charge in [0.2, 0.25) is 0 Å². The lowest BCUT2D eigenvalue weighted by Crippen LogP contribution is -2.32. The molecule has 2 atom stereocenters. The maximum Gasteiger partial charge on any atom is 0.410 e. The number of carbonyl (C=O) groups is 2. The Kier molecular flexibility index (Phi) is 16.1. The summed E-state index contributed by atoms with van der Waals surface area (Å²) < 4.78 is 28.4. The van der Waals surface area contributed by atoms with Gasteiger partial charge in [0.25, 0.3) is 0 Å². The summed E-state index contributed by atoms with van der Waals surface area (Å²) in [6.07, 6.45) is 10.1. The molecule has 2 amide bonds. The first-order valence-electron chi connectivity index (χ1n) is 24.6. The van der Waals surface area contributed by atoms with Crippen molar-refractivity contribution < 1.29 is 28.5 Å². The molecule has 0 aliphatic carbocycles. The Morgan fingerprint density at radius 2 is 1.10 bits per heavy atom. The van der Waals surface area contributed by atoms with E-state index in [9.17, 15) is 9.59 Å². The average molecular weight is 958 g/mol. The molecule has 68 heavy (non-hydrogen) atoms. The number of imidazole rings is 2. The van der Waals surface area contributed by atoms with Crippen LogP contribution in [0.3, 0.4) is 0 Å². The van der Waals surface area contributed by atoms with Crippen molar-refractivity contribution in [3.05, 3.63) is 132 Å². The molecule has 2 aromatic heterocycles. The van der Waals surface area contributed by atoms with E-state index < -0.39 is 16.1 Å². The smallest absolute Gasteiger partial charge is 0.410 e. The highest BCUT2D eigenvalue weighted by Crippen LogP contribution is 2.37. The van der Waals surface area contributed by atoms with E-state index in [4.69, 9.17) is 28.9 Å². The van der Waals surface area contributed by atoms with Crippen LogP contribution in [0, 0.1) is 0 Å². The summed E-state index contributed by atoms with van der Waals surface area (Å²) in [5.41, 5.74) is 7.07. The molecule has 0 N–H and O–H groups in total. The van der Waals surface area contributed by atoms with Gasteiger partial charge in [-0.25, -0.2) is 19.6 Å². The van der Waals surface area contributed by atoms with Gasteiger partial charge in [-0.1, -0.05) is 118 Å². The number of ether oxygens (including phenoxy) is 4. The fraction of sp³-hybridized carbons (Fsp3) is 0.472. The Balaban J connectivity index is 0.955. The molecule has 5 aromatic rings. The molecule has 15 heteroatoms. The number of hydrogen-bond acceptors (Lipinski definition) is 9. The Hall–Kier alpha value is -5.49. The molecule has 3 aliphatic heterocycles. The number of hydrogen-bond donors (Lipinski definition) is 0. The molecule has 5 heterocycles. The molecule has 8 rings (SSSR count). The van der Waals surface area contributed by atoms with Gasteiger partial charge < -0.3 is 33.0 Å². The Labute approximate surface area is 405 Å². The number of likely N-dealkylation sites (tertiary alicyclic amines) is 2. The van der Waals surface area contributed by atoms with Crippen molar-refractivity contribution in [3.8, 4) is 11.3 Å². The van der Waals surface area contributed by atoms with Crippen LogP contribution < -0.4 is 4.90 Å². The van der Waals surface area contributed by atoms with Crippen molar-refractivity contribution in [2.75, 3.05) is 44.3 Å². The molecule has 0 bridgehead atoms. The van der Waals surface area contributed by atoms with E-state index in [1.165, 1.54) is 5.57 Å². The summed E-state index contributed by atoms with van der Waals surface area (Å²) >= 11 is 0. The Morgan fingerprint density at radius 3 is 1.57 bits per heavy atom. The predicted octanol–water partition coefficient (Wildman–Crippen LogP) is 11.6. The summed E-state index contributed by atoms with van der Waals surface area (Å²) in [5.74, 6) is 1.68. The fourth-order valence-electron chi connectivity index (χ4n) is 9.07. The van der Waals surface area contributed by atoms with Crippen LogP contribution in [0.5, 0.6) is 0 Å². The third-order valence-corrected chi connectivity index (χ3v) is 16.5. The van der Waals surface area contributed by atoms with Crippen molar-refractivity contribution in [2.45, 2.75) is 122 Å². The van der Waals surface area contributed by atoms with Crippen LogP contribution in [-0.4, -0.2) is 96.6 Å². The first kappa shape index (κ1) is 49.0. The van der Waals surface area contributed by atoms with Gasteiger partial charge in [0.15, 0.2) is 0 Å². The van der Waals surface area contributed by atoms with Crippen LogP contribution in [0.4, 0.5) is 15.3 Å². The van der Waals surface area contributed by atoms with E-state index in [-0.39, 0.29) is 37.5 Å². The van der Waals surface area contributed by atoms with Gasteiger partial charge in [-0.2, -0.15) is 0 Å². The lowest BCUT2D eigenvalue weighted by molar-refractivity contribution is 0.0742. The van der Waals surface area contributed by atoms with Gasteiger partial charge in [0, 0.05) is 79.2 Å². The van der Waals surface area contributed by atoms with E-state index in [1.807, 2.05) is 70.5 Å². The van der Waals surface area contributed by atoms with E-state index in [0.717, 1.165) is 103 Å². The first-order valence-corrected chi connectivity index (χ1v) is 32.0. The van der Waals surface area contributed by atoms with Crippen LogP contribution in [0.15, 0.2) is 103 Å². The monoisotopic (exact) mass is 958 g/mol. The number of nitrogens with zero attached hydrogens (tertiary/aromatic N) is 7. The SMILES string of the molecule is C[Si](C)(C)CCOCn1cc(C2=CCN(c3ccc(-c4cn(COCC[Si](C)(C)C)c([C@@H]5CCCN5C(=O)OCc5ccccc5)n4)cc3)CC2)nc1[C@@H]1CCCN1C(=O)OCc1ccccc1. The average Bonchev–Trinajstić information content (AvgIpc) is 4.17. The zero-order valence-electron chi connectivity index (χ0n) is 41.1. The molecular formula is C53H71N7O6Si2. The summed E-state index contributed by atoms with van der Waals surface area (Å²) in [6.45, 7) is 19.6. The highest BCUT2D eigenvalue weighted by molar-refractivity contribution is 6.76. The maximum absolute atomic E-state index is 13.5. The Bertz CT molecular complexity index is 2460. The maximum atomic E-state index is 13.5. The summed E-state index contributed by atoms with van der Waals surface area (Å²) in [6, 6.07) is 30.0. The minimum absolute atomic E-state index is 0.185. The van der Waals surface area contributed by atoms with Crippen LogP contribution in [0.1, 0.15) is 72.7 Å². The minimum Gasteiger partial charge on any atom is -0.445 e. The number of amides is 2. The predicted molar refractivity (Wildman–Crippen MR) is 274 cm³/mol. The first-order chi connectivity index (χ1) is 32.8. The highest BCUT2D eigenvalue weighted by atomic mass is 28.3. The van der Waals surface area contributed by atoms with Gasteiger partial charge in [0.1, 0.15) is 38.3 Å². The van der Waals surface area contributed by atoms with Crippen LogP contribution in [0.25, 0.3) is 16.8 Å². The summed E-state index contributed by atoms with van der Waals surface area (Å²) in [5, 5.41) is 0. The zero-order chi connectivity index (χ0) is 47.7. The third kappa shape index (κ3) is 13.0. The summed E-state index contributed by atoms with van der Waals surface area (Å²) in [7, 11) is -2.54. The molecule has 3 aromatic carbocycles. The largest absolute Gasteiger partial charge is 0.445 e. The second-order valence-corrected chi connectivity index (χ2v) is 32.1. The molecule has 3 aliphatic rings. The van der Waals surface area contributed by atoms with Crippen LogP contribution in [0.2, 0.25) is 51.4 Å². The van der Waals surface area contributed by atoms with E-state index in [1.54, 1.807) is 0 Å². The van der Waals surface area contributed by atoms with Crippen molar-refractivity contribution >= 4 is 39.6 Å². The van der Waals surface area contributed by atoms with Gasteiger partial charge in [-0.15, -0.1) is 0 Å². The van der Waals surface area contributed by atoms with Gasteiger partial charge >= 0.3 is 12.2 Å². The lowest BCUT2D eigenvalue weighted by Gasteiger charge is -2.28. The topological polar surface area (TPSA) is 116 Å². The van der Waals surface area contributed by atoms with Crippen molar-refractivity contribution in [2.24, 2.45) is 0 Å². The molecule has 0 unspecified atom stereocenters. The van der Waals surface area contributed by atoms with E-state index in [0.29, 0.717) is 39.8 Å². The molecule has 0 radical (unpaired) electrons. The highest BCUT2D eigenvalue weighted by Gasteiger charge is 2.36. The standard InChI is InChI=1S/C53H71N7O6Si2/c1-67(2,3)33-31-63-39-57-35-46(54-50(57)48-19-13-27-59(48)52(61)65-37-41-15-9-7-10-16-41)43-21-23-45(24-22-43)56-29-25-44(26-30-56)47-36-58(40-64-32-34-68(4,5)6)51(55-47)49-20-14-28-60(49)53(62)66-38-42-17-11-8-12-18-42/h7-12,15-18,21-25,35-36,48-49H,13-14,19-20,26-34,37-40H2,1-6H3/t48-,49-/m0/s1. The molecule has 2 saturated heterocycles. The van der Waals surface area contributed by atoms with Crippen LogP contribution in [-0.2, 0) is 45.6 Å². The number of rotatable bonds is 19. The van der Waals surface area contributed by atoms with Crippen molar-refractivity contribution in [3.63, 3.8) is 0 Å². The van der Waals surface area contributed by atoms with Crippen LogP contribution >= 0.6 is 0 Å². The molecule has 0 saturated carbocycles. The van der Waals surface area contributed by atoms with Crippen molar-refractivity contribution in [1.82, 2.24) is 28.9 Å². The minimum atomic E-state index is -1.27. The number of benzene rings is 3. The Morgan fingerprint density at radius 1 is 0.618 bits per heavy atom. The second-order valence-electron chi connectivity index (χ2n) is 20.9. The molecule has 13 nitrogen and oxygen atoms in total. The van der Waals surface area contributed by atoms with E-state index >= 15 is 0 Å². The second kappa shape index (κ2) is 22.3. The normalized spacial score (nSPS) is 17.7. The number of anilines is 1. The zero-order valence-corrected chi connectivity index (χ0v) is 43.1. The third-order valence-electron chi connectivity index (χ3n) is 13.1. The van der Waals surface area contributed by atoms with E-state index in [2.05, 4.69) is 96.1 Å². The van der Waals surface area contributed by atoms with Crippen molar-refractivity contribution in [1.29, 1.82) is 0 Å². The molecular weight excluding hydrogens is 887 g/mol. The molecule has 2 fully saturated rings. The quantitative estimate of drug-likeness (QED) is 0.0589. The van der Waals surface area contributed by atoms with Gasteiger partial charge in [0.05, 0.1) is 23.5 Å². The lowest BCUT2D eigenvalue weighted by atomic mass is 10.0. The fourth-order valence-corrected chi connectivity index (χ4v) is 10.6.